The van der Waals surface area contributed by atoms with Crippen LogP contribution in [0.4, 0.5) is 0 Å². The quantitative estimate of drug-likeness (QED) is 0.408. The summed E-state index contributed by atoms with van der Waals surface area (Å²) in [4.78, 5) is 12.0. The van der Waals surface area contributed by atoms with E-state index >= 15 is 0 Å². The molecular weight excluding hydrogens is 338 g/mol. The number of para-hydroxylation sites is 2. The van der Waals surface area contributed by atoms with Crippen molar-refractivity contribution in [3.63, 3.8) is 0 Å². The van der Waals surface area contributed by atoms with Crippen LogP contribution < -0.4 is 0 Å². The summed E-state index contributed by atoms with van der Waals surface area (Å²) in [5, 5.41) is 3.35. The van der Waals surface area contributed by atoms with E-state index < -0.39 is 0 Å². The van der Waals surface area contributed by atoms with Crippen LogP contribution in [0, 0.1) is 0 Å². The number of rotatable bonds is 3. The van der Waals surface area contributed by atoms with E-state index in [1.54, 1.807) is 0 Å². The van der Waals surface area contributed by atoms with E-state index in [0.29, 0.717) is 12.1 Å². The van der Waals surface area contributed by atoms with Gasteiger partial charge in [-0.3, -0.25) is 0 Å². The van der Waals surface area contributed by atoms with Crippen LogP contribution in [0.15, 0.2) is 77.2 Å². The van der Waals surface area contributed by atoms with E-state index in [4.69, 9.17) is 9.15 Å². The normalized spacial score (nSPS) is 11.4. The van der Waals surface area contributed by atoms with Crippen molar-refractivity contribution < 1.29 is 13.9 Å². The van der Waals surface area contributed by atoms with Crippen molar-refractivity contribution in [1.82, 2.24) is 4.57 Å². The lowest BCUT2D eigenvalue weighted by Crippen LogP contribution is -2.02. The van der Waals surface area contributed by atoms with E-state index in [9.17, 15) is 4.79 Å². The molecule has 132 valence electrons. The molecule has 3 aromatic carbocycles. The van der Waals surface area contributed by atoms with Gasteiger partial charge in [0.2, 0.25) is 0 Å². The van der Waals surface area contributed by atoms with Crippen molar-refractivity contribution >= 4 is 38.7 Å². The predicted octanol–water partition coefficient (Wildman–Crippen LogP) is 5.38. The largest absolute Gasteiger partial charge is 0.465 e. The molecule has 2 heterocycles. The van der Waals surface area contributed by atoms with Gasteiger partial charge in [-0.2, -0.15) is 0 Å². The van der Waals surface area contributed by atoms with Gasteiger partial charge in [0.25, 0.3) is 0 Å². The summed E-state index contributed by atoms with van der Waals surface area (Å²) in [6.07, 6.45) is 0. The predicted molar refractivity (Wildman–Crippen MR) is 106 cm³/mol. The number of hydrogen-bond acceptors (Lipinski definition) is 3. The Morgan fingerprint density at radius 3 is 2.56 bits per heavy atom. The van der Waals surface area contributed by atoms with Crippen LogP contribution >= 0.6 is 0 Å². The molecular formula is C23H17NO3. The van der Waals surface area contributed by atoms with Crippen LogP contribution in [0.1, 0.15) is 16.1 Å². The number of nitrogens with zero attached hydrogens (tertiary/aromatic N) is 1. The van der Waals surface area contributed by atoms with Crippen LogP contribution in [-0.2, 0) is 11.3 Å². The molecule has 0 fully saturated rings. The SMILES string of the molecule is COC(=O)c1ccc2c3ccccc3n(Cc3cc4ccccc4o3)c2c1. The molecule has 0 aliphatic heterocycles. The fourth-order valence-electron chi connectivity index (χ4n) is 3.74. The van der Waals surface area contributed by atoms with Crippen LogP contribution in [0.3, 0.4) is 0 Å². The summed E-state index contributed by atoms with van der Waals surface area (Å²) < 4.78 is 13.1. The first-order chi connectivity index (χ1) is 13.2. The van der Waals surface area contributed by atoms with Crippen molar-refractivity contribution in [2.45, 2.75) is 6.54 Å². The topological polar surface area (TPSA) is 44.4 Å². The molecule has 0 spiro atoms. The Hall–Kier alpha value is -3.53. The number of methoxy groups -OCH3 is 1. The monoisotopic (exact) mass is 355 g/mol. The molecule has 5 aromatic rings. The van der Waals surface area contributed by atoms with Crippen LogP contribution in [0.25, 0.3) is 32.8 Å². The number of hydrogen-bond donors (Lipinski definition) is 0. The highest BCUT2D eigenvalue weighted by Crippen LogP contribution is 2.31. The molecule has 0 aliphatic carbocycles. The number of fused-ring (bicyclic) bond motifs is 4. The zero-order valence-electron chi connectivity index (χ0n) is 14.8. The first-order valence-electron chi connectivity index (χ1n) is 8.81. The van der Waals surface area contributed by atoms with Gasteiger partial charge < -0.3 is 13.7 Å². The molecule has 0 aliphatic rings. The number of carbonyl (C=O) groups excluding carboxylic acids is 1. The van der Waals surface area contributed by atoms with Gasteiger partial charge in [-0.05, 0) is 30.3 Å². The second-order valence-corrected chi connectivity index (χ2v) is 6.58. The summed E-state index contributed by atoms with van der Waals surface area (Å²) in [6.45, 7) is 0.587. The maximum Gasteiger partial charge on any atom is 0.337 e. The van der Waals surface area contributed by atoms with Gasteiger partial charge >= 0.3 is 5.97 Å². The van der Waals surface area contributed by atoms with Crippen LogP contribution in [0.2, 0.25) is 0 Å². The zero-order valence-corrected chi connectivity index (χ0v) is 14.8. The Kier molecular flexibility index (Phi) is 3.50. The standard InChI is InChI=1S/C23H17NO3/c1-26-23(25)16-10-11-19-18-7-3-4-8-20(18)24(21(19)13-16)14-17-12-15-6-2-5-9-22(15)27-17/h2-13H,14H2,1H3. The van der Waals surface area contributed by atoms with Crippen molar-refractivity contribution in [1.29, 1.82) is 0 Å². The Labute approximate surface area is 155 Å². The Morgan fingerprint density at radius 1 is 0.926 bits per heavy atom. The third kappa shape index (κ3) is 2.49. The Bertz CT molecular complexity index is 1280. The summed E-state index contributed by atoms with van der Waals surface area (Å²) in [6, 6.07) is 24.0. The molecule has 4 heteroatoms. The van der Waals surface area contributed by atoms with Crippen LogP contribution in [0.5, 0.6) is 0 Å². The summed E-state index contributed by atoms with van der Waals surface area (Å²) in [5.41, 5.74) is 3.51. The number of aromatic nitrogens is 1. The van der Waals surface area contributed by atoms with Crippen molar-refractivity contribution in [2.75, 3.05) is 7.11 Å². The third-order valence-electron chi connectivity index (χ3n) is 4.99. The van der Waals surface area contributed by atoms with Crippen molar-refractivity contribution in [3.8, 4) is 0 Å². The first-order valence-corrected chi connectivity index (χ1v) is 8.81. The minimum absolute atomic E-state index is 0.336. The fraction of sp³-hybridized carbons (Fsp3) is 0.0870. The van der Waals surface area contributed by atoms with Gasteiger partial charge in [0.1, 0.15) is 11.3 Å². The second kappa shape index (κ2) is 6.02. The molecule has 0 atom stereocenters. The highest BCUT2D eigenvalue weighted by Gasteiger charge is 2.15. The maximum absolute atomic E-state index is 12.0. The van der Waals surface area contributed by atoms with Gasteiger partial charge in [0, 0.05) is 21.7 Å². The average Bonchev–Trinajstić information content (AvgIpc) is 3.26. The lowest BCUT2D eigenvalue weighted by Gasteiger charge is -2.06. The Morgan fingerprint density at radius 2 is 1.70 bits per heavy atom. The van der Waals surface area contributed by atoms with Gasteiger partial charge in [-0.1, -0.05) is 42.5 Å². The second-order valence-electron chi connectivity index (χ2n) is 6.58. The molecule has 0 bridgehead atoms. The molecule has 0 saturated heterocycles. The lowest BCUT2D eigenvalue weighted by molar-refractivity contribution is 0.0601. The molecule has 2 aromatic heterocycles. The average molecular weight is 355 g/mol. The molecule has 0 unspecified atom stereocenters. The summed E-state index contributed by atoms with van der Waals surface area (Å²) in [5.74, 6) is 0.541. The smallest absolute Gasteiger partial charge is 0.337 e. The number of benzene rings is 3. The lowest BCUT2D eigenvalue weighted by atomic mass is 10.1. The van der Waals surface area contributed by atoms with E-state index in [2.05, 4.69) is 22.8 Å². The number of ether oxygens (including phenoxy) is 1. The van der Waals surface area contributed by atoms with Gasteiger partial charge in [0.15, 0.2) is 0 Å². The first kappa shape index (κ1) is 15.7. The van der Waals surface area contributed by atoms with Crippen LogP contribution in [-0.4, -0.2) is 17.6 Å². The van der Waals surface area contributed by atoms with E-state index in [1.807, 2.05) is 54.6 Å². The van der Waals surface area contributed by atoms with Gasteiger partial charge in [-0.15, -0.1) is 0 Å². The van der Waals surface area contributed by atoms with Gasteiger partial charge in [0.05, 0.1) is 24.7 Å². The molecule has 5 rings (SSSR count). The highest BCUT2D eigenvalue weighted by atomic mass is 16.5. The number of carbonyl (C=O) groups is 1. The van der Waals surface area contributed by atoms with E-state index in [1.165, 1.54) is 7.11 Å². The molecule has 0 amide bonds. The fourth-order valence-corrected chi connectivity index (χ4v) is 3.74. The minimum Gasteiger partial charge on any atom is -0.465 e. The van der Waals surface area contributed by atoms with Crippen molar-refractivity contribution in [3.05, 3.63) is 84.1 Å². The molecule has 0 radical (unpaired) electrons. The summed E-state index contributed by atoms with van der Waals surface area (Å²) in [7, 11) is 1.40. The third-order valence-corrected chi connectivity index (χ3v) is 4.99. The van der Waals surface area contributed by atoms with E-state index in [0.717, 1.165) is 38.5 Å². The van der Waals surface area contributed by atoms with Crippen molar-refractivity contribution in [2.24, 2.45) is 0 Å². The summed E-state index contributed by atoms with van der Waals surface area (Å²) >= 11 is 0. The molecule has 0 N–H and O–H groups in total. The zero-order chi connectivity index (χ0) is 18.4. The maximum atomic E-state index is 12.0. The number of furan rings is 1. The Balaban J connectivity index is 1.73. The van der Waals surface area contributed by atoms with E-state index in [-0.39, 0.29) is 5.97 Å². The molecule has 0 saturated carbocycles. The molecule has 27 heavy (non-hydrogen) atoms. The van der Waals surface area contributed by atoms with Gasteiger partial charge in [-0.25, -0.2) is 4.79 Å². The minimum atomic E-state index is -0.336. The number of esters is 1. The molecule has 4 nitrogen and oxygen atoms in total. The highest BCUT2D eigenvalue weighted by molar-refractivity contribution is 6.09.